The minimum atomic E-state index is -0.326. The SMILES string of the molecule is CCCCOCCNC1CC(=O)N(C2CC2)C1=O. The second-order valence-corrected chi connectivity index (χ2v) is 5.01. The summed E-state index contributed by atoms with van der Waals surface area (Å²) >= 11 is 0. The normalized spacial score (nSPS) is 24.1. The van der Waals surface area contributed by atoms with E-state index >= 15 is 0 Å². The molecular formula is C13H22N2O3. The van der Waals surface area contributed by atoms with Crippen LogP contribution in [0.5, 0.6) is 0 Å². The lowest BCUT2D eigenvalue weighted by Crippen LogP contribution is -2.40. The third-order valence-corrected chi connectivity index (χ3v) is 3.37. The van der Waals surface area contributed by atoms with Gasteiger partial charge in [0.05, 0.1) is 19.1 Å². The van der Waals surface area contributed by atoms with Crippen LogP contribution in [0.15, 0.2) is 0 Å². The quantitative estimate of drug-likeness (QED) is 0.511. The number of carbonyl (C=O) groups is 2. The van der Waals surface area contributed by atoms with Gasteiger partial charge in [-0.3, -0.25) is 14.5 Å². The lowest BCUT2D eigenvalue weighted by molar-refractivity contribution is -0.139. The summed E-state index contributed by atoms with van der Waals surface area (Å²) in [5.74, 6) is -0.0667. The van der Waals surface area contributed by atoms with E-state index in [1.54, 1.807) is 0 Å². The van der Waals surface area contributed by atoms with E-state index in [1.165, 1.54) is 4.90 Å². The van der Waals surface area contributed by atoms with Crippen molar-refractivity contribution < 1.29 is 14.3 Å². The smallest absolute Gasteiger partial charge is 0.247 e. The molecule has 5 heteroatoms. The Labute approximate surface area is 108 Å². The Morgan fingerprint density at radius 1 is 1.33 bits per heavy atom. The molecule has 0 aromatic rings. The van der Waals surface area contributed by atoms with Gasteiger partial charge in [0.25, 0.3) is 0 Å². The van der Waals surface area contributed by atoms with Gasteiger partial charge in [0.1, 0.15) is 0 Å². The first-order chi connectivity index (χ1) is 8.74. The van der Waals surface area contributed by atoms with Gasteiger partial charge in [-0.15, -0.1) is 0 Å². The fraction of sp³-hybridized carbons (Fsp3) is 0.846. The first kappa shape index (κ1) is 13.5. The molecule has 1 saturated heterocycles. The summed E-state index contributed by atoms with van der Waals surface area (Å²) in [4.78, 5) is 25.1. The maximum Gasteiger partial charge on any atom is 0.247 e. The minimum Gasteiger partial charge on any atom is -0.380 e. The fourth-order valence-corrected chi connectivity index (χ4v) is 2.18. The van der Waals surface area contributed by atoms with Crippen molar-refractivity contribution >= 4 is 11.8 Å². The number of amides is 2. The summed E-state index contributed by atoms with van der Waals surface area (Å²) in [6.07, 6.45) is 4.45. The van der Waals surface area contributed by atoms with E-state index in [-0.39, 0.29) is 23.9 Å². The van der Waals surface area contributed by atoms with Gasteiger partial charge in [-0.1, -0.05) is 13.3 Å². The van der Waals surface area contributed by atoms with Gasteiger partial charge in [0.15, 0.2) is 0 Å². The largest absolute Gasteiger partial charge is 0.380 e. The van der Waals surface area contributed by atoms with E-state index in [0.717, 1.165) is 32.3 Å². The second kappa shape index (κ2) is 6.29. The highest BCUT2D eigenvalue weighted by Crippen LogP contribution is 2.31. The highest BCUT2D eigenvalue weighted by Gasteiger charge is 2.45. The average molecular weight is 254 g/mol. The van der Waals surface area contributed by atoms with E-state index < -0.39 is 0 Å². The molecule has 1 heterocycles. The van der Waals surface area contributed by atoms with Crippen molar-refractivity contribution in [3.63, 3.8) is 0 Å². The van der Waals surface area contributed by atoms with Gasteiger partial charge in [0.2, 0.25) is 11.8 Å². The number of nitrogens with one attached hydrogen (secondary N) is 1. The highest BCUT2D eigenvalue weighted by molar-refractivity contribution is 6.06. The number of unbranched alkanes of at least 4 members (excludes halogenated alkanes) is 1. The third-order valence-electron chi connectivity index (χ3n) is 3.37. The molecule has 0 radical (unpaired) electrons. The molecule has 1 aliphatic carbocycles. The summed E-state index contributed by atoms with van der Waals surface area (Å²) in [7, 11) is 0. The molecule has 0 aromatic heterocycles. The molecule has 0 aromatic carbocycles. The first-order valence-corrected chi connectivity index (χ1v) is 6.91. The minimum absolute atomic E-state index is 0.0214. The molecule has 1 atom stereocenters. The van der Waals surface area contributed by atoms with E-state index in [4.69, 9.17) is 4.74 Å². The maximum absolute atomic E-state index is 12.0. The van der Waals surface area contributed by atoms with Crippen LogP contribution in [-0.2, 0) is 14.3 Å². The van der Waals surface area contributed by atoms with Gasteiger partial charge >= 0.3 is 0 Å². The van der Waals surface area contributed by atoms with Gasteiger partial charge in [-0.25, -0.2) is 0 Å². The molecule has 2 aliphatic rings. The Hall–Kier alpha value is -0.940. The van der Waals surface area contributed by atoms with Crippen molar-refractivity contribution in [2.24, 2.45) is 0 Å². The highest BCUT2D eigenvalue weighted by atomic mass is 16.5. The molecule has 102 valence electrons. The standard InChI is InChI=1S/C13H22N2O3/c1-2-3-7-18-8-6-14-11-9-12(16)15(13(11)17)10-4-5-10/h10-11,14H,2-9H2,1H3. The van der Waals surface area contributed by atoms with E-state index in [1.807, 2.05) is 0 Å². The maximum atomic E-state index is 12.0. The Morgan fingerprint density at radius 2 is 2.11 bits per heavy atom. The predicted molar refractivity (Wildman–Crippen MR) is 67.0 cm³/mol. The Kier molecular flexibility index (Phi) is 4.72. The zero-order valence-electron chi connectivity index (χ0n) is 11.0. The van der Waals surface area contributed by atoms with Crippen LogP contribution in [0, 0.1) is 0 Å². The van der Waals surface area contributed by atoms with Crippen LogP contribution in [-0.4, -0.2) is 48.6 Å². The van der Waals surface area contributed by atoms with E-state index in [2.05, 4.69) is 12.2 Å². The number of ether oxygens (including phenoxy) is 1. The molecular weight excluding hydrogens is 232 g/mol. The molecule has 5 nitrogen and oxygen atoms in total. The molecule has 1 unspecified atom stereocenters. The number of hydrogen-bond donors (Lipinski definition) is 1. The molecule has 1 N–H and O–H groups in total. The van der Waals surface area contributed by atoms with Crippen molar-refractivity contribution in [2.45, 2.75) is 51.1 Å². The van der Waals surface area contributed by atoms with Crippen LogP contribution in [0.25, 0.3) is 0 Å². The van der Waals surface area contributed by atoms with E-state index in [0.29, 0.717) is 19.6 Å². The van der Waals surface area contributed by atoms with Crippen molar-refractivity contribution in [1.82, 2.24) is 10.2 Å². The van der Waals surface area contributed by atoms with Gasteiger partial charge in [-0.05, 0) is 19.3 Å². The van der Waals surface area contributed by atoms with Crippen LogP contribution in [0.3, 0.4) is 0 Å². The molecule has 0 spiro atoms. The number of rotatable bonds is 8. The molecule has 2 rings (SSSR count). The van der Waals surface area contributed by atoms with Crippen LogP contribution >= 0.6 is 0 Å². The van der Waals surface area contributed by atoms with Crippen LogP contribution in [0.1, 0.15) is 39.0 Å². The summed E-state index contributed by atoms with van der Waals surface area (Å²) < 4.78 is 5.41. The van der Waals surface area contributed by atoms with Gasteiger partial charge in [-0.2, -0.15) is 0 Å². The summed E-state index contributed by atoms with van der Waals surface area (Å²) in [5.41, 5.74) is 0. The molecule has 2 fully saturated rings. The van der Waals surface area contributed by atoms with Crippen molar-refractivity contribution in [3.05, 3.63) is 0 Å². The van der Waals surface area contributed by atoms with Crippen LogP contribution in [0.4, 0.5) is 0 Å². The zero-order chi connectivity index (χ0) is 13.0. The van der Waals surface area contributed by atoms with Crippen molar-refractivity contribution in [1.29, 1.82) is 0 Å². The lowest BCUT2D eigenvalue weighted by atomic mass is 10.2. The van der Waals surface area contributed by atoms with Crippen molar-refractivity contribution in [2.75, 3.05) is 19.8 Å². The lowest BCUT2D eigenvalue weighted by Gasteiger charge is -2.14. The predicted octanol–water partition coefficient (Wildman–Crippen LogP) is 0.683. The molecule has 1 saturated carbocycles. The Bertz CT molecular complexity index is 315. The number of likely N-dealkylation sites (tertiary alicyclic amines) is 1. The monoisotopic (exact) mass is 254 g/mol. The first-order valence-electron chi connectivity index (χ1n) is 6.91. The van der Waals surface area contributed by atoms with Crippen LogP contribution < -0.4 is 5.32 Å². The molecule has 0 bridgehead atoms. The summed E-state index contributed by atoms with van der Waals surface area (Å²) in [5, 5.41) is 3.11. The number of hydrogen-bond acceptors (Lipinski definition) is 4. The fourth-order valence-electron chi connectivity index (χ4n) is 2.18. The number of imide groups is 1. The Morgan fingerprint density at radius 3 is 2.78 bits per heavy atom. The van der Waals surface area contributed by atoms with Crippen LogP contribution in [0.2, 0.25) is 0 Å². The van der Waals surface area contributed by atoms with Crippen molar-refractivity contribution in [3.8, 4) is 0 Å². The summed E-state index contributed by atoms with van der Waals surface area (Å²) in [6.45, 7) is 4.12. The molecule has 1 aliphatic heterocycles. The van der Waals surface area contributed by atoms with Gasteiger partial charge in [0, 0.05) is 19.2 Å². The third kappa shape index (κ3) is 3.29. The topological polar surface area (TPSA) is 58.6 Å². The molecule has 18 heavy (non-hydrogen) atoms. The Balaban J connectivity index is 1.64. The van der Waals surface area contributed by atoms with E-state index in [9.17, 15) is 9.59 Å². The number of carbonyl (C=O) groups excluding carboxylic acids is 2. The molecule has 2 amide bonds. The number of nitrogens with zero attached hydrogens (tertiary/aromatic N) is 1. The van der Waals surface area contributed by atoms with Gasteiger partial charge < -0.3 is 10.1 Å². The zero-order valence-corrected chi connectivity index (χ0v) is 11.0. The second-order valence-electron chi connectivity index (χ2n) is 5.01. The average Bonchev–Trinajstić information content (AvgIpc) is 3.12. The summed E-state index contributed by atoms with van der Waals surface area (Å²) in [6, 6.07) is -0.134.